The lowest BCUT2D eigenvalue weighted by molar-refractivity contribution is 0.0787. The van der Waals surface area contributed by atoms with Gasteiger partial charge in [0, 0.05) is 25.0 Å². The third-order valence-corrected chi connectivity index (χ3v) is 4.45. The highest BCUT2D eigenvalue weighted by Crippen LogP contribution is 2.30. The molecule has 1 saturated heterocycles. The Labute approximate surface area is 136 Å². The normalized spacial score (nSPS) is 20.8. The maximum atomic E-state index is 12.7. The summed E-state index contributed by atoms with van der Waals surface area (Å²) in [4.78, 5) is 14.5. The summed E-state index contributed by atoms with van der Waals surface area (Å²) in [6, 6.07) is 9.60. The van der Waals surface area contributed by atoms with E-state index in [2.05, 4.69) is 0 Å². The molecule has 0 spiro atoms. The molecular formula is C18H22N2O3. The Morgan fingerprint density at radius 1 is 1.30 bits per heavy atom. The predicted molar refractivity (Wildman–Crippen MR) is 87.8 cm³/mol. The average Bonchev–Trinajstić information content (AvgIpc) is 3.09. The van der Waals surface area contributed by atoms with Gasteiger partial charge in [0.1, 0.15) is 17.3 Å². The topological polar surface area (TPSA) is 68.7 Å². The molecule has 5 heteroatoms. The van der Waals surface area contributed by atoms with Gasteiger partial charge in [0.05, 0.1) is 12.7 Å². The standard InChI is InChI=1S/C18H22N2O3/c1-11-7-15(12(2)23-11)18(21)20-9-16(17(19)10-20)13-5-4-6-14(8-13)22-3/h4-8,16-17H,9-10,19H2,1-3H3/t16-,17+/m1/s1. The second kappa shape index (κ2) is 6.08. The molecule has 0 bridgehead atoms. The number of carbonyl (C=O) groups excluding carboxylic acids is 1. The highest BCUT2D eigenvalue weighted by Gasteiger charge is 2.35. The van der Waals surface area contributed by atoms with E-state index in [1.165, 1.54) is 0 Å². The lowest BCUT2D eigenvalue weighted by Gasteiger charge is -2.16. The van der Waals surface area contributed by atoms with Gasteiger partial charge in [-0.25, -0.2) is 0 Å². The fourth-order valence-electron chi connectivity index (χ4n) is 3.23. The summed E-state index contributed by atoms with van der Waals surface area (Å²) in [6.07, 6.45) is 0. The minimum atomic E-state index is -0.0839. The molecule has 122 valence electrons. The number of nitrogens with zero attached hydrogens (tertiary/aromatic N) is 1. The van der Waals surface area contributed by atoms with Crippen molar-refractivity contribution in [2.24, 2.45) is 5.73 Å². The molecular weight excluding hydrogens is 292 g/mol. The number of likely N-dealkylation sites (tertiary alicyclic amines) is 1. The van der Waals surface area contributed by atoms with E-state index in [0.717, 1.165) is 17.1 Å². The van der Waals surface area contributed by atoms with Crippen molar-refractivity contribution in [3.63, 3.8) is 0 Å². The second-order valence-electron chi connectivity index (χ2n) is 6.08. The second-order valence-corrected chi connectivity index (χ2v) is 6.08. The van der Waals surface area contributed by atoms with Gasteiger partial charge in [0.25, 0.3) is 5.91 Å². The molecule has 0 saturated carbocycles. The van der Waals surface area contributed by atoms with E-state index in [9.17, 15) is 4.79 Å². The van der Waals surface area contributed by atoms with Crippen LogP contribution in [0.15, 0.2) is 34.7 Å². The van der Waals surface area contributed by atoms with Crippen LogP contribution in [0.2, 0.25) is 0 Å². The van der Waals surface area contributed by atoms with Gasteiger partial charge in [-0.15, -0.1) is 0 Å². The zero-order chi connectivity index (χ0) is 16.6. The summed E-state index contributed by atoms with van der Waals surface area (Å²) in [6.45, 7) is 4.82. The van der Waals surface area contributed by atoms with E-state index < -0.39 is 0 Å². The van der Waals surface area contributed by atoms with E-state index in [4.69, 9.17) is 14.9 Å². The van der Waals surface area contributed by atoms with E-state index >= 15 is 0 Å². The van der Waals surface area contributed by atoms with Crippen molar-refractivity contribution in [2.75, 3.05) is 20.2 Å². The first-order chi connectivity index (χ1) is 11.0. The number of benzene rings is 1. The Bertz CT molecular complexity index is 723. The van der Waals surface area contributed by atoms with Gasteiger partial charge >= 0.3 is 0 Å². The number of methoxy groups -OCH3 is 1. The third kappa shape index (κ3) is 2.97. The molecule has 3 rings (SSSR count). The largest absolute Gasteiger partial charge is 0.497 e. The van der Waals surface area contributed by atoms with Crippen LogP contribution in [0.1, 0.15) is 33.4 Å². The molecule has 23 heavy (non-hydrogen) atoms. The van der Waals surface area contributed by atoms with Crippen LogP contribution in [-0.2, 0) is 0 Å². The fraction of sp³-hybridized carbons (Fsp3) is 0.389. The van der Waals surface area contributed by atoms with Gasteiger partial charge in [0.2, 0.25) is 0 Å². The first-order valence-electron chi connectivity index (χ1n) is 7.75. The average molecular weight is 314 g/mol. The van der Waals surface area contributed by atoms with Crippen LogP contribution in [0.3, 0.4) is 0 Å². The molecule has 2 atom stereocenters. The Morgan fingerprint density at radius 3 is 2.74 bits per heavy atom. The predicted octanol–water partition coefficient (Wildman–Crippen LogP) is 2.47. The van der Waals surface area contributed by atoms with Crippen molar-refractivity contribution in [1.29, 1.82) is 0 Å². The van der Waals surface area contributed by atoms with Crippen molar-refractivity contribution in [1.82, 2.24) is 4.90 Å². The number of hydrogen-bond donors (Lipinski definition) is 1. The molecule has 1 amide bonds. The SMILES string of the molecule is COc1cccc([C@H]2CN(C(=O)c3cc(C)oc3C)C[C@@H]2N)c1. The smallest absolute Gasteiger partial charge is 0.257 e. The molecule has 1 fully saturated rings. The maximum Gasteiger partial charge on any atom is 0.257 e. The number of amides is 1. The molecule has 0 radical (unpaired) electrons. The van der Waals surface area contributed by atoms with Gasteiger partial charge in [-0.3, -0.25) is 4.79 Å². The monoisotopic (exact) mass is 314 g/mol. The van der Waals surface area contributed by atoms with Crippen molar-refractivity contribution in [3.05, 3.63) is 53.0 Å². The number of aryl methyl sites for hydroxylation is 2. The quantitative estimate of drug-likeness (QED) is 0.945. The lowest BCUT2D eigenvalue weighted by Crippen LogP contribution is -2.32. The van der Waals surface area contributed by atoms with Gasteiger partial charge in [-0.2, -0.15) is 0 Å². The van der Waals surface area contributed by atoms with Crippen molar-refractivity contribution < 1.29 is 13.9 Å². The number of carbonyl (C=O) groups is 1. The zero-order valence-electron chi connectivity index (χ0n) is 13.7. The maximum absolute atomic E-state index is 12.7. The fourth-order valence-corrected chi connectivity index (χ4v) is 3.23. The van der Waals surface area contributed by atoms with Crippen LogP contribution in [0.25, 0.3) is 0 Å². The number of furan rings is 1. The minimum absolute atomic E-state index is 0.0137. The van der Waals surface area contributed by atoms with E-state index in [1.54, 1.807) is 13.2 Å². The molecule has 0 aliphatic carbocycles. The van der Waals surface area contributed by atoms with Crippen LogP contribution in [-0.4, -0.2) is 37.0 Å². The van der Waals surface area contributed by atoms with Crippen LogP contribution >= 0.6 is 0 Å². The summed E-state index contributed by atoms with van der Waals surface area (Å²) in [5.41, 5.74) is 8.02. The molecule has 1 aliphatic rings. The Morgan fingerprint density at radius 2 is 2.09 bits per heavy atom. The zero-order valence-corrected chi connectivity index (χ0v) is 13.7. The van der Waals surface area contributed by atoms with Crippen molar-refractivity contribution in [3.8, 4) is 5.75 Å². The number of rotatable bonds is 3. The van der Waals surface area contributed by atoms with Crippen LogP contribution in [0.4, 0.5) is 0 Å². The number of ether oxygens (including phenoxy) is 1. The summed E-state index contributed by atoms with van der Waals surface area (Å²) in [7, 11) is 1.65. The van der Waals surface area contributed by atoms with E-state index in [0.29, 0.717) is 24.4 Å². The molecule has 2 N–H and O–H groups in total. The molecule has 2 aromatic rings. The van der Waals surface area contributed by atoms with Crippen LogP contribution < -0.4 is 10.5 Å². The molecule has 1 aromatic carbocycles. The number of hydrogen-bond acceptors (Lipinski definition) is 4. The molecule has 0 unspecified atom stereocenters. The molecule has 5 nitrogen and oxygen atoms in total. The molecule has 1 aromatic heterocycles. The Hall–Kier alpha value is -2.27. The minimum Gasteiger partial charge on any atom is -0.497 e. The summed E-state index contributed by atoms with van der Waals surface area (Å²) in [5, 5.41) is 0. The Kier molecular flexibility index (Phi) is 4.13. The van der Waals surface area contributed by atoms with Gasteiger partial charge < -0.3 is 19.8 Å². The Balaban J connectivity index is 1.80. The van der Waals surface area contributed by atoms with E-state index in [-0.39, 0.29) is 17.9 Å². The van der Waals surface area contributed by atoms with Gasteiger partial charge in [-0.05, 0) is 37.6 Å². The number of nitrogens with two attached hydrogens (primary N) is 1. The highest BCUT2D eigenvalue weighted by molar-refractivity contribution is 5.95. The van der Waals surface area contributed by atoms with Gasteiger partial charge in [0.15, 0.2) is 0 Å². The summed E-state index contributed by atoms with van der Waals surface area (Å²) >= 11 is 0. The van der Waals surface area contributed by atoms with Crippen molar-refractivity contribution >= 4 is 5.91 Å². The first-order valence-corrected chi connectivity index (χ1v) is 7.75. The van der Waals surface area contributed by atoms with Crippen LogP contribution in [0, 0.1) is 13.8 Å². The van der Waals surface area contributed by atoms with E-state index in [1.807, 2.05) is 43.0 Å². The summed E-state index contributed by atoms with van der Waals surface area (Å²) < 4.78 is 10.7. The summed E-state index contributed by atoms with van der Waals surface area (Å²) in [5.74, 6) is 2.31. The van der Waals surface area contributed by atoms with Crippen LogP contribution in [0.5, 0.6) is 5.75 Å². The molecule has 1 aliphatic heterocycles. The first kappa shape index (κ1) is 15.6. The van der Waals surface area contributed by atoms with Gasteiger partial charge in [-0.1, -0.05) is 12.1 Å². The molecule has 2 heterocycles. The lowest BCUT2D eigenvalue weighted by atomic mass is 9.95. The third-order valence-electron chi connectivity index (χ3n) is 4.45. The highest BCUT2D eigenvalue weighted by atomic mass is 16.5. The van der Waals surface area contributed by atoms with Crippen molar-refractivity contribution in [2.45, 2.75) is 25.8 Å².